The largest absolute Gasteiger partial charge is 0.295 e. The molecule has 1 aromatic carbocycles. The summed E-state index contributed by atoms with van der Waals surface area (Å²) in [5.74, 6) is 0.407. The van der Waals surface area contributed by atoms with Gasteiger partial charge in [-0.05, 0) is 49.5 Å². The van der Waals surface area contributed by atoms with Gasteiger partial charge in [0, 0.05) is 0 Å². The minimum Gasteiger partial charge on any atom is -0.295 e. The summed E-state index contributed by atoms with van der Waals surface area (Å²) < 4.78 is 14.7. The maximum Gasteiger partial charge on any atom is 0.264 e. The van der Waals surface area contributed by atoms with E-state index >= 15 is 0 Å². The van der Waals surface area contributed by atoms with Gasteiger partial charge in [-0.1, -0.05) is 30.8 Å². The lowest BCUT2D eigenvalue weighted by Crippen LogP contribution is -2.42. The van der Waals surface area contributed by atoms with E-state index in [9.17, 15) is 9.18 Å². The summed E-state index contributed by atoms with van der Waals surface area (Å²) in [4.78, 5) is 19.3. The van der Waals surface area contributed by atoms with E-state index in [2.05, 4.69) is 21.9 Å². The molecular weight excluding hydrogens is 327 g/mol. The maximum atomic E-state index is 13.4. The van der Waals surface area contributed by atoms with Crippen LogP contribution in [0.2, 0.25) is 0 Å². The maximum absolute atomic E-state index is 13.4. The molecule has 1 saturated heterocycles. The summed E-state index contributed by atoms with van der Waals surface area (Å²) in [7, 11) is 0. The quantitative estimate of drug-likeness (QED) is 0.855. The first-order chi connectivity index (χ1) is 11.6. The zero-order valence-corrected chi connectivity index (χ0v) is 14.2. The number of hydrogen-bond donors (Lipinski definition) is 0. The molecule has 0 bridgehead atoms. The Labute approximate surface area is 144 Å². The number of piperidine rings is 1. The smallest absolute Gasteiger partial charge is 0.264 e. The molecule has 4 rings (SSSR count). The van der Waals surface area contributed by atoms with Crippen molar-refractivity contribution in [3.8, 4) is 0 Å². The Bertz CT molecular complexity index is 739. The van der Waals surface area contributed by atoms with E-state index in [1.54, 1.807) is 12.1 Å². The van der Waals surface area contributed by atoms with Crippen molar-refractivity contribution in [1.82, 2.24) is 19.7 Å². The fourth-order valence-corrected chi connectivity index (χ4v) is 4.72. The molecule has 0 N–H and O–H groups in total. The zero-order valence-electron chi connectivity index (χ0n) is 13.4. The zero-order chi connectivity index (χ0) is 16.7. The third kappa shape index (κ3) is 2.75. The summed E-state index contributed by atoms with van der Waals surface area (Å²) in [5.41, 5.74) is 0.975. The predicted molar refractivity (Wildman–Crippen MR) is 89.4 cm³/mol. The fourth-order valence-electron chi connectivity index (χ4n) is 3.49. The summed E-state index contributed by atoms with van der Waals surface area (Å²) in [6, 6.07) is 6.44. The molecule has 7 heteroatoms. The first-order valence-corrected chi connectivity index (χ1v) is 9.12. The molecule has 2 aliphatic rings. The van der Waals surface area contributed by atoms with Gasteiger partial charge in [0.25, 0.3) is 5.91 Å². The summed E-state index contributed by atoms with van der Waals surface area (Å²) in [6.45, 7) is 4.16. The Morgan fingerprint density at radius 3 is 2.62 bits per heavy atom. The predicted octanol–water partition coefficient (Wildman–Crippen LogP) is 3.00. The van der Waals surface area contributed by atoms with Crippen molar-refractivity contribution in [1.29, 1.82) is 0 Å². The minimum absolute atomic E-state index is 0.0413. The van der Waals surface area contributed by atoms with Crippen molar-refractivity contribution < 1.29 is 9.18 Å². The van der Waals surface area contributed by atoms with Gasteiger partial charge in [0.1, 0.15) is 17.4 Å². The Kier molecular flexibility index (Phi) is 4.14. The van der Waals surface area contributed by atoms with Crippen LogP contribution in [-0.2, 0) is 0 Å². The third-order valence-corrected chi connectivity index (χ3v) is 6.11. The lowest BCUT2D eigenvalue weighted by Gasteiger charge is -2.38. The first-order valence-electron chi connectivity index (χ1n) is 8.24. The van der Waals surface area contributed by atoms with E-state index in [1.165, 1.54) is 34.9 Å². The highest BCUT2D eigenvalue weighted by molar-refractivity contribution is 8.00. The highest BCUT2D eigenvalue weighted by Crippen LogP contribution is 2.41. The van der Waals surface area contributed by atoms with Gasteiger partial charge < -0.3 is 0 Å². The molecule has 0 radical (unpaired) electrons. The normalized spacial score (nSPS) is 23.4. The number of thioether (sulfide) groups is 1. The van der Waals surface area contributed by atoms with Gasteiger partial charge in [0.15, 0.2) is 5.16 Å². The van der Waals surface area contributed by atoms with E-state index in [-0.39, 0.29) is 23.0 Å². The number of benzene rings is 1. The van der Waals surface area contributed by atoms with Crippen molar-refractivity contribution >= 4 is 17.7 Å². The molecule has 1 aromatic heterocycles. The Morgan fingerprint density at radius 1 is 1.25 bits per heavy atom. The van der Waals surface area contributed by atoms with Crippen LogP contribution < -0.4 is 0 Å². The molecule has 5 nitrogen and oxygen atoms in total. The minimum atomic E-state index is -0.292. The Morgan fingerprint density at radius 2 is 1.96 bits per heavy atom. The van der Waals surface area contributed by atoms with Crippen LogP contribution in [0.15, 0.2) is 35.7 Å². The first kappa shape index (κ1) is 15.8. The second kappa shape index (κ2) is 6.29. The summed E-state index contributed by atoms with van der Waals surface area (Å²) in [6.07, 6.45) is 3.64. The van der Waals surface area contributed by atoms with Gasteiger partial charge in [-0.25, -0.2) is 9.37 Å². The number of aromatic nitrogens is 3. The van der Waals surface area contributed by atoms with Crippen molar-refractivity contribution in [2.75, 3.05) is 13.1 Å². The molecule has 126 valence electrons. The van der Waals surface area contributed by atoms with E-state index < -0.39 is 0 Å². The standard InChI is InChI=1S/C17H19FN4OS/c1-11-6-8-21(9-7-11)14(12-2-4-13(18)5-3-12)15-16(23)22-17(24-15)19-10-20-22/h2-5,10-11,14-15H,6-9H2,1H3. The third-order valence-electron chi connectivity index (χ3n) is 4.91. The van der Waals surface area contributed by atoms with Crippen LogP contribution in [0.1, 0.15) is 36.2 Å². The topological polar surface area (TPSA) is 51.0 Å². The van der Waals surface area contributed by atoms with Crippen molar-refractivity contribution in [3.63, 3.8) is 0 Å². The number of likely N-dealkylation sites (tertiary alicyclic amines) is 1. The van der Waals surface area contributed by atoms with E-state index in [0.717, 1.165) is 31.5 Å². The molecule has 24 heavy (non-hydrogen) atoms. The lowest BCUT2D eigenvalue weighted by atomic mass is 9.94. The fraction of sp³-hybridized carbons (Fsp3) is 0.471. The number of carbonyl (C=O) groups excluding carboxylic acids is 1. The number of rotatable bonds is 3. The second-order valence-corrected chi connectivity index (χ2v) is 7.65. The number of carbonyl (C=O) groups is 1. The number of nitrogens with zero attached hydrogens (tertiary/aromatic N) is 4. The van der Waals surface area contributed by atoms with Gasteiger partial charge in [0.2, 0.25) is 0 Å². The Balaban J connectivity index is 1.67. The monoisotopic (exact) mass is 346 g/mol. The van der Waals surface area contributed by atoms with Crippen LogP contribution in [-0.4, -0.2) is 43.9 Å². The molecule has 0 aliphatic carbocycles. The molecule has 0 spiro atoms. The van der Waals surface area contributed by atoms with E-state index in [1.807, 2.05) is 0 Å². The second-order valence-electron chi connectivity index (χ2n) is 6.55. The molecule has 2 aromatic rings. The molecule has 2 aliphatic heterocycles. The molecule has 2 unspecified atom stereocenters. The highest BCUT2D eigenvalue weighted by Gasteiger charge is 2.42. The highest BCUT2D eigenvalue weighted by atomic mass is 32.2. The van der Waals surface area contributed by atoms with Crippen LogP contribution in [0.4, 0.5) is 4.39 Å². The van der Waals surface area contributed by atoms with Crippen LogP contribution in [0.3, 0.4) is 0 Å². The van der Waals surface area contributed by atoms with Crippen molar-refractivity contribution in [2.45, 2.75) is 36.2 Å². The molecule has 2 atom stereocenters. The molecule has 3 heterocycles. The summed E-state index contributed by atoms with van der Waals surface area (Å²) >= 11 is 1.46. The van der Waals surface area contributed by atoms with E-state index in [0.29, 0.717) is 11.1 Å². The van der Waals surface area contributed by atoms with Crippen LogP contribution in [0, 0.1) is 11.7 Å². The van der Waals surface area contributed by atoms with Gasteiger partial charge in [-0.3, -0.25) is 9.69 Å². The van der Waals surface area contributed by atoms with Gasteiger partial charge in [-0.2, -0.15) is 9.78 Å². The van der Waals surface area contributed by atoms with Gasteiger partial charge >= 0.3 is 0 Å². The van der Waals surface area contributed by atoms with Crippen molar-refractivity contribution in [3.05, 3.63) is 42.0 Å². The SMILES string of the molecule is CC1CCN(C(c2ccc(F)cc2)C2Sc3ncnn3C2=O)CC1. The van der Waals surface area contributed by atoms with Crippen LogP contribution in [0.5, 0.6) is 0 Å². The summed E-state index contributed by atoms with van der Waals surface area (Å²) in [5, 5.41) is 4.38. The molecule has 1 fully saturated rings. The van der Waals surface area contributed by atoms with Gasteiger partial charge in [-0.15, -0.1) is 0 Å². The van der Waals surface area contributed by atoms with Crippen molar-refractivity contribution in [2.24, 2.45) is 5.92 Å². The average Bonchev–Trinajstić information content (AvgIpc) is 3.15. The molecule has 0 saturated carbocycles. The Hall–Kier alpha value is -1.73. The van der Waals surface area contributed by atoms with Gasteiger partial charge in [0.05, 0.1) is 6.04 Å². The average molecular weight is 346 g/mol. The van der Waals surface area contributed by atoms with E-state index in [4.69, 9.17) is 0 Å². The number of halogens is 1. The molecule has 0 amide bonds. The molecular formula is C17H19FN4OS. The lowest BCUT2D eigenvalue weighted by molar-refractivity contribution is 0.0800. The number of hydrogen-bond acceptors (Lipinski definition) is 5. The van der Waals surface area contributed by atoms with Crippen LogP contribution in [0.25, 0.3) is 0 Å². The van der Waals surface area contributed by atoms with Crippen LogP contribution >= 0.6 is 11.8 Å². The number of fused-ring (bicyclic) bond motifs is 1.